The number of nitrogens with one attached hydrogen (secondary N) is 1. The van der Waals surface area contributed by atoms with Gasteiger partial charge in [-0.05, 0) is 20.8 Å². The maximum Gasteiger partial charge on any atom is 0.239 e. The Morgan fingerprint density at radius 1 is 1.57 bits per heavy atom. The van der Waals surface area contributed by atoms with Gasteiger partial charge in [-0.1, -0.05) is 0 Å². The van der Waals surface area contributed by atoms with Crippen LogP contribution in [0.15, 0.2) is 0 Å². The van der Waals surface area contributed by atoms with E-state index in [1.807, 2.05) is 20.8 Å². The van der Waals surface area contributed by atoms with Crippen LogP contribution in [0, 0.1) is 5.92 Å². The summed E-state index contributed by atoms with van der Waals surface area (Å²) in [4.78, 5) is 24.5. The van der Waals surface area contributed by atoms with Gasteiger partial charge >= 0.3 is 0 Å². The summed E-state index contributed by atoms with van der Waals surface area (Å²) < 4.78 is 0. The van der Waals surface area contributed by atoms with Gasteiger partial charge in [0.25, 0.3) is 0 Å². The lowest BCUT2D eigenvalue weighted by Gasteiger charge is -2.31. The Morgan fingerprint density at radius 3 is 2.50 bits per heavy atom. The highest BCUT2D eigenvalue weighted by molar-refractivity contribution is 5.89. The second-order valence-corrected chi connectivity index (χ2v) is 4.58. The van der Waals surface area contributed by atoms with Crippen molar-refractivity contribution in [3.63, 3.8) is 0 Å². The highest BCUT2D eigenvalue weighted by Crippen LogP contribution is 2.25. The summed E-state index contributed by atoms with van der Waals surface area (Å²) in [5.74, 6) is 4.48. The molecule has 0 aromatic heterocycles. The fraction of sp³-hybridized carbons (Fsp3) is 0.778. The van der Waals surface area contributed by atoms with Crippen LogP contribution in [0.4, 0.5) is 0 Å². The average molecular weight is 199 g/mol. The van der Waals surface area contributed by atoms with Crippen LogP contribution < -0.4 is 11.3 Å². The molecule has 80 valence electrons. The van der Waals surface area contributed by atoms with E-state index in [0.29, 0.717) is 6.54 Å². The van der Waals surface area contributed by atoms with Crippen molar-refractivity contribution in [3.8, 4) is 0 Å². The number of hydrazine groups is 1. The van der Waals surface area contributed by atoms with E-state index in [-0.39, 0.29) is 29.7 Å². The zero-order valence-electron chi connectivity index (χ0n) is 8.83. The molecule has 1 heterocycles. The zero-order chi connectivity index (χ0) is 10.9. The van der Waals surface area contributed by atoms with Gasteiger partial charge in [-0.25, -0.2) is 5.84 Å². The largest absolute Gasteiger partial charge is 0.337 e. The van der Waals surface area contributed by atoms with Gasteiger partial charge in [0.15, 0.2) is 0 Å². The van der Waals surface area contributed by atoms with Gasteiger partial charge < -0.3 is 4.90 Å². The fourth-order valence-corrected chi connectivity index (χ4v) is 1.65. The van der Waals surface area contributed by atoms with Crippen LogP contribution in [0.5, 0.6) is 0 Å². The molecule has 1 fully saturated rings. The summed E-state index contributed by atoms with van der Waals surface area (Å²) in [5, 5.41) is 0. The lowest BCUT2D eigenvalue weighted by molar-refractivity contribution is -0.132. The van der Waals surface area contributed by atoms with Gasteiger partial charge in [0.2, 0.25) is 11.8 Å². The normalized spacial score (nSPS) is 22.7. The minimum Gasteiger partial charge on any atom is -0.337 e. The number of carbonyl (C=O) groups is 2. The smallest absolute Gasteiger partial charge is 0.239 e. The second kappa shape index (κ2) is 3.57. The van der Waals surface area contributed by atoms with Crippen molar-refractivity contribution in [3.05, 3.63) is 0 Å². The van der Waals surface area contributed by atoms with Gasteiger partial charge in [0, 0.05) is 18.5 Å². The fourth-order valence-electron chi connectivity index (χ4n) is 1.65. The van der Waals surface area contributed by atoms with Gasteiger partial charge in [0.1, 0.15) is 0 Å². The summed E-state index contributed by atoms with van der Waals surface area (Å²) >= 11 is 0. The first-order chi connectivity index (χ1) is 6.36. The Hall–Kier alpha value is -1.10. The number of likely N-dealkylation sites (tertiary alicyclic amines) is 1. The quantitative estimate of drug-likeness (QED) is 0.343. The van der Waals surface area contributed by atoms with Crippen LogP contribution in [0.3, 0.4) is 0 Å². The molecule has 0 bridgehead atoms. The van der Waals surface area contributed by atoms with Gasteiger partial charge in [-0.3, -0.25) is 15.0 Å². The van der Waals surface area contributed by atoms with E-state index in [9.17, 15) is 9.59 Å². The molecule has 0 aliphatic carbocycles. The van der Waals surface area contributed by atoms with Crippen molar-refractivity contribution in [2.75, 3.05) is 6.54 Å². The third kappa shape index (κ3) is 2.04. The number of hydrogen-bond acceptors (Lipinski definition) is 3. The van der Waals surface area contributed by atoms with E-state index >= 15 is 0 Å². The molecule has 0 saturated carbocycles. The number of rotatable bonds is 1. The Morgan fingerprint density at radius 2 is 2.14 bits per heavy atom. The van der Waals surface area contributed by atoms with E-state index in [1.165, 1.54) is 0 Å². The molecular formula is C9H17N3O2. The van der Waals surface area contributed by atoms with Crippen LogP contribution in [-0.2, 0) is 9.59 Å². The van der Waals surface area contributed by atoms with Crippen molar-refractivity contribution >= 4 is 11.8 Å². The van der Waals surface area contributed by atoms with Crippen LogP contribution in [0.25, 0.3) is 0 Å². The van der Waals surface area contributed by atoms with E-state index in [1.54, 1.807) is 4.90 Å². The van der Waals surface area contributed by atoms with E-state index in [0.717, 1.165) is 0 Å². The third-order valence-electron chi connectivity index (χ3n) is 2.45. The molecule has 2 amide bonds. The Kier molecular flexibility index (Phi) is 2.80. The number of nitrogens with two attached hydrogens (primary N) is 1. The van der Waals surface area contributed by atoms with Gasteiger partial charge in [0.05, 0.1) is 5.92 Å². The molecule has 1 aliphatic rings. The summed E-state index contributed by atoms with van der Waals surface area (Å²) in [5.41, 5.74) is 1.86. The van der Waals surface area contributed by atoms with E-state index < -0.39 is 0 Å². The molecule has 1 atom stereocenters. The summed E-state index contributed by atoms with van der Waals surface area (Å²) in [6, 6.07) is 0. The molecule has 3 N–H and O–H groups in total. The number of hydrogen-bond donors (Lipinski definition) is 2. The van der Waals surface area contributed by atoms with Gasteiger partial charge in [-0.15, -0.1) is 0 Å². The predicted octanol–water partition coefficient (Wildman–Crippen LogP) is -0.377. The highest BCUT2D eigenvalue weighted by Gasteiger charge is 2.39. The van der Waals surface area contributed by atoms with Crippen LogP contribution in [0.2, 0.25) is 0 Å². The minimum absolute atomic E-state index is 0.0195. The SMILES string of the molecule is CC(C)(C)N1CC(C(=O)NN)CC1=O. The predicted molar refractivity (Wildman–Crippen MR) is 51.9 cm³/mol. The van der Waals surface area contributed by atoms with Crippen LogP contribution in [-0.4, -0.2) is 28.8 Å². The molecule has 1 saturated heterocycles. The molecule has 0 aromatic rings. The molecule has 1 aliphatic heterocycles. The first-order valence-electron chi connectivity index (χ1n) is 4.67. The first-order valence-corrected chi connectivity index (χ1v) is 4.67. The summed E-state index contributed by atoms with van der Waals surface area (Å²) in [7, 11) is 0. The van der Waals surface area contributed by atoms with Crippen LogP contribution in [0.1, 0.15) is 27.2 Å². The van der Waals surface area contributed by atoms with Crippen molar-refractivity contribution in [1.29, 1.82) is 0 Å². The molecule has 0 radical (unpaired) electrons. The molecule has 0 aromatic carbocycles. The maximum absolute atomic E-state index is 11.6. The summed E-state index contributed by atoms with van der Waals surface area (Å²) in [6.45, 7) is 6.32. The Balaban J connectivity index is 2.70. The van der Waals surface area contributed by atoms with Crippen molar-refractivity contribution in [2.24, 2.45) is 11.8 Å². The van der Waals surface area contributed by atoms with Crippen LogP contribution >= 0.6 is 0 Å². The van der Waals surface area contributed by atoms with Gasteiger partial charge in [-0.2, -0.15) is 0 Å². The second-order valence-electron chi connectivity index (χ2n) is 4.58. The summed E-state index contributed by atoms with van der Waals surface area (Å²) in [6.07, 6.45) is 0.264. The maximum atomic E-state index is 11.6. The molecule has 14 heavy (non-hydrogen) atoms. The molecule has 1 unspecified atom stereocenters. The number of nitrogens with zero attached hydrogens (tertiary/aromatic N) is 1. The van der Waals surface area contributed by atoms with E-state index in [2.05, 4.69) is 5.43 Å². The Labute approximate surface area is 83.6 Å². The standard InChI is InChI=1S/C9H17N3O2/c1-9(2,3)12-5-6(4-7(12)13)8(14)11-10/h6H,4-5,10H2,1-3H3,(H,11,14). The molecular weight excluding hydrogens is 182 g/mol. The topological polar surface area (TPSA) is 75.4 Å². The highest BCUT2D eigenvalue weighted by atomic mass is 16.2. The lowest BCUT2D eigenvalue weighted by atomic mass is 10.1. The molecule has 0 spiro atoms. The van der Waals surface area contributed by atoms with Crippen molar-refractivity contribution in [2.45, 2.75) is 32.7 Å². The number of amides is 2. The molecule has 1 rings (SSSR count). The third-order valence-corrected chi connectivity index (χ3v) is 2.45. The molecule has 5 heteroatoms. The monoisotopic (exact) mass is 199 g/mol. The van der Waals surface area contributed by atoms with Crippen molar-refractivity contribution < 1.29 is 9.59 Å². The first kappa shape index (κ1) is 11.0. The Bertz CT molecular complexity index is 257. The average Bonchev–Trinajstić information content (AvgIpc) is 2.45. The zero-order valence-corrected chi connectivity index (χ0v) is 8.83. The lowest BCUT2D eigenvalue weighted by Crippen LogP contribution is -2.43. The molecule has 5 nitrogen and oxygen atoms in total. The van der Waals surface area contributed by atoms with E-state index in [4.69, 9.17) is 5.84 Å². The van der Waals surface area contributed by atoms with Crippen molar-refractivity contribution in [1.82, 2.24) is 10.3 Å². The number of carbonyl (C=O) groups excluding carboxylic acids is 2. The minimum atomic E-state index is -0.299.